The van der Waals surface area contributed by atoms with Gasteiger partial charge in [-0.25, -0.2) is 15.0 Å². The maximum atomic E-state index is 12.9. The number of carbonyl (C=O) groups is 1. The molecule has 1 saturated carbocycles. The number of benzene rings is 1. The Morgan fingerprint density at radius 3 is 2.79 bits per heavy atom. The van der Waals surface area contributed by atoms with Gasteiger partial charge >= 0.3 is 0 Å². The smallest absolute Gasteiger partial charge is 0.228 e. The van der Waals surface area contributed by atoms with Gasteiger partial charge in [0, 0.05) is 49.8 Å². The Balaban J connectivity index is 1.22. The molecule has 0 radical (unpaired) electrons. The van der Waals surface area contributed by atoms with E-state index in [1.54, 1.807) is 18.7 Å². The highest BCUT2D eigenvalue weighted by atomic mass is 16.2. The van der Waals surface area contributed by atoms with Gasteiger partial charge in [-0.2, -0.15) is 0 Å². The minimum atomic E-state index is -0.266. The molecule has 0 spiro atoms. The van der Waals surface area contributed by atoms with Gasteiger partial charge in [-0.15, -0.1) is 0 Å². The van der Waals surface area contributed by atoms with E-state index in [1.165, 1.54) is 0 Å². The molecule has 1 unspecified atom stereocenters. The number of amides is 1. The molecule has 1 aliphatic heterocycles. The van der Waals surface area contributed by atoms with Crippen molar-refractivity contribution in [2.75, 3.05) is 18.0 Å². The van der Waals surface area contributed by atoms with E-state index < -0.39 is 0 Å². The molecule has 148 valence electrons. The molecule has 5 rings (SSSR count). The quantitative estimate of drug-likeness (QED) is 0.702. The van der Waals surface area contributed by atoms with Gasteiger partial charge < -0.3 is 14.8 Å². The largest absolute Gasteiger partial charge is 0.351 e. The molecular weight excluding hydrogens is 364 g/mol. The summed E-state index contributed by atoms with van der Waals surface area (Å²) in [7, 11) is 0. The van der Waals surface area contributed by atoms with E-state index in [0.29, 0.717) is 6.54 Å². The van der Waals surface area contributed by atoms with Gasteiger partial charge in [0.1, 0.15) is 0 Å². The van der Waals surface area contributed by atoms with Crippen LogP contribution in [-0.2, 0) is 11.3 Å². The normalized spacial score (nSPS) is 19.9. The summed E-state index contributed by atoms with van der Waals surface area (Å²) in [5, 5.41) is 3.27. The molecule has 7 heteroatoms. The number of aromatic nitrogens is 4. The Morgan fingerprint density at radius 1 is 1.17 bits per heavy atom. The van der Waals surface area contributed by atoms with Crippen molar-refractivity contribution in [2.45, 2.75) is 31.8 Å². The Bertz CT molecular complexity index is 984. The molecule has 1 saturated heterocycles. The molecule has 3 heterocycles. The summed E-state index contributed by atoms with van der Waals surface area (Å²) >= 11 is 0. The molecule has 29 heavy (non-hydrogen) atoms. The minimum Gasteiger partial charge on any atom is -0.351 e. The second kappa shape index (κ2) is 7.31. The molecule has 1 aromatic carbocycles. The summed E-state index contributed by atoms with van der Waals surface area (Å²) in [4.78, 5) is 28.3. The summed E-state index contributed by atoms with van der Waals surface area (Å²) in [6.07, 6.45) is 10.0. The second-order valence-electron chi connectivity index (χ2n) is 8.03. The zero-order valence-corrected chi connectivity index (χ0v) is 16.2. The first-order valence-electron chi connectivity index (χ1n) is 10.1. The zero-order chi connectivity index (χ0) is 19.7. The topological polar surface area (TPSA) is 75.9 Å². The van der Waals surface area contributed by atoms with Gasteiger partial charge in [0.25, 0.3) is 0 Å². The first-order valence-corrected chi connectivity index (χ1v) is 10.1. The lowest BCUT2D eigenvalue weighted by Gasteiger charge is -2.20. The van der Waals surface area contributed by atoms with Crippen molar-refractivity contribution in [3.63, 3.8) is 0 Å². The zero-order valence-electron chi connectivity index (χ0n) is 16.2. The number of rotatable bonds is 6. The van der Waals surface area contributed by atoms with Crippen LogP contribution in [0.2, 0.25) is 0 Å². The van der Waals surface area contributed by atoms with E-state index in [1.807, 2.05) is 35.0 Å². The maximum absolute atomic E-state index is 12.9. The minimum absolute atomic E-state index is 0.131. The molecule has 1 atom stereocenters. The summed E-state index contributed by atoms with van der Waals surface area (Å²) in [6, 6.07) is 12.2. The van der Waals surface area contributed by atoms with E-state index in [0.717, 1.165) is 49.6 Å². The highest BCUT2D eigenvalue weighted by Crippen LogP contribution is 2.47. The van der Waals surface area contributed by atoms with Crippen molar-refractivity contribution in [3.8, 4) is 11.3 Å². The number of nitrogens with one attached hydrogen (secondary N) is 1. The SMILES string of the molecule is O=C(NC1CCN(c2nccc(-c3ccccc3)n2)C1)C1(Cn2ccnc2)CC1. The van der Waals surface area contributed by atoms with Crippen LogP contribution in [0.15, 0.2) is 61.3 Å². The molecule has 2 aliphatic rings. The van der Waals surface area contributed by atoms with Crippen LogP contribution in [0.3, 0.4) is 0 Å². The van der Waals surface area contributed by atoms with Gasteiger partial charge in [-0.05, 0) is 25.3 Å². The van der Waals surface area contributed by atoms with Crippen molar-refractivity contribution in [2.24, 2.45) is 5.41 Å². The Morgan fingerprint density at radius 2 is 2.03 bits per heavy atom. The van der Waals surface area contributed by atoms with Crippen molar-refractivity contribution in [1.82, 2.24) is 24.8 Å². The lowest BCUT2D eigenvalue weighted by atomic mass is 10.1. The fourth-order valence-corrected chi connectivity index (χ4v) is 4.01. The van der Waals surface area contributed by atoms with Gasteiger partial charge in [-0.1, -0.05) is 30.3 Å². The molecule has 2 fully saturated rings. The van der Waals surface area contributed by atoms with Crippen LogP contribution in [0.1, 0.15) is 19.3 Å². The van der Waals surface area contributed by atoms with E-state index in [9.17, 15) is 4.79 Å². The van der Waals surface area contributed by atoms with E-state index >= 15 is 0 Å². The second-order valence-corrected chi connectivity index (χ2v) is 8.03. The third-order valence-electron chi connectivity index (χ3n) is 5.90. The van der Waals surface area contributed by atoms with E-state index in [2.05, 4.69) is 32.3 Å². The van der Waals surface area contributed by atoms with Crippen molar-refractivity contribution in [1.29, 1.82) is 0 Å². The number of nitrogens with zero attached hydrogens (tertiary/aromatic N) is 5. The summed E-state index contributed by atoms with van der Waals surface area (Å²) in [6.45, 7) is 2.29. The van der Waals surface area contributed by atoms with Crippen LogP contribution in [-0.4, -0.2) is 44.6 Å². The first-order chi connectivity index (χ1) is 14.2. The third-order valence-corrected chi connectivity index (χ3v) is 5.90. The van der Waals surface area contributed by atoms with E-state index in [-0.39, 0.29) is 17.4 Å². The van der Waals surface area contributed by atoms with Crippen LogP contribution in [0.4, 0.5) is 5.95 Å². The average molecular weight is 388 g/mol. The molecule has 1 amide bonds. The molecule has 0 bridgehead atoms. The monoisotopic (exact) mass is 388 g/mol. The summed E-state index contributed by atoms with van der Waals surface area (Å²) < 4.78 is 2.00. The Hall–Kier alpha value is -3.22. The molecule has 3 aromatic rings. The van der Waals surface area contributed by atoms with Crippen molar-refractivity contribution in [3.05, 3.63) is 61.3 Å². The van der Waals surface area contributed by atoms with Crippen LogP contribution in [0.25, 0.3) is 11.3 Å². The summed E-state index contributed by atoms with van der Waals surface area (Å²) in [5.74, 6) is 0.889. The number of anilines is 1. The van der Waals surface area contributed by atoms with Gasteiger partial charge in [0.05, 0.1) is 17.4 Å². The summed E-state index contributed by atoms with van der Waals surface area (Å²) in [5.41, 5.74) is 1.73. The van der Waals surface area contributed by atoms with Crippen LogP contribution < -0.4 is 10.2 Å². The standard InChI is InChI=1S/C22H24N6O/c29-20(22(8-9-22)15-27-13-11-23-16-27)25-18-7-12-28(14-18)21-24-10-6-19(26-21)17-4-2-1-3-5-17/h1-6,10-11,13,16,18H,7-9,12,14-15H2,(H,25,29). The number of imidazole rings is 1. The Kier molecular flexibility index (Phi) is 4.50. The predicted octanol–water partition coefficient (Wildman–Crippen LogP) is 2.52. The third kappa shape index (κ3) is 3.72. The molecule has 1 N–H and O–H groups in total. The number of hydrogen-bond donors (Lipinski definition) is 1. The van der Waals surface area contributed by atoms with Crippen molar-refractivity contribution < 1.29 is 4.79 Å². The van der Waals surface area contributed by atoms with Crippen LogP contribution in [0, 0.1) is 5.41 Å². The lowest BCUT2D eigenvalue weighted by molar-refractivity contribution is -0.127. The first kappa shape index (κ1) is 17.8. The Labute approximate surface area is 169 Å². The molecule has 2 aromatic heterocycles. The fourth-order valence-electron chi connectivity index (χ4n) is 4.01. The van der Waals surface area contributed by atoms with Gasteiger partial charge in [-0.3, -0.25) is 4.79 Å². The predicted molar refractivity (Wildman–Crippen MR) is 110 cm³/mol. The number of carbonyl (C=O) groups excluding carboxylic acids is 1. The highest BCUT2D eigenvalue weighted by Gasteiger charge is 2.50. The van der Waals surface area contributed by atoms with Crippen molar-refractivity contribution >= 4 is 11.9 Å². The lowest BCUT2D eigenvalue weighted by Crippen LogP contribution is -2.42. The number of hydrogen-bond acceptors (Lipinski definition) is 5. The molecule has 7 nitrogen and oxygen atoms in total. The average Bonchev–Trinajstić information content (AvgIpc) is 3.14. The van der Waals surface area contributed by atoms with Gasteiger partial charge in [0.15, 0.2) is 0 Å². The molecular formula is C22H24N6O. The van der Waals surface area contributed by atoms with Crippen LogP contribution in [0.5, 0.6) is 0 Å². The molecule has 1 aliphatic carbocycles. The van der Waals surface area contributed by atoms with Crippen LogP contribution >= 0.6 is 0 Å². The maximum Gasteiger partial charge on any atom is 0.228 e. The van der Waals surface area contributed by atoms with E-state index in [4.69, 9.17) is 4.98 Å². The van der Waals surface area contributed by atoms with Gasteiger partial charge in [0.2, 0.25) is 11.9 Å². The fraction of sp³-hybridized carbons (Fsp3) is 0.364. The highest BCUT2D eigenvalue weighted by molar-refractivity contribution is 5.85.